The van der Waals surface area contributed by atoms with Crippen molar-refractivity contribution < 1.29 is 23.9 Å². The van der Waals surface area contributed by atoms with Crippen LogP contribution in [0.2, 0.25) is 0 Å². The van der Waals surface area contributed by atoms with Gasteiger partial charge >= 0.3 is 5.97 Å². The molecule has 0 fully saturated rings. The van der Waals surface area contributed by atoms with Gasteiger partial charge in [-0.05, 0) is 35.9 Å². The van der Waals surface area contributed by atoms with Crippen molar-refractivity contribution in [2.75, 3.05) is 7.11 Å². The van der Waals surface area contributed by atoms with Gasteiger partial charge in [0, 0.05) is 35.3 Å². The van der Waals surface area contributed by atoms with Crippen LogP contribution in [-0.2, 0) is 16.1 Å². The quantitative estimate of drug-likeness (QED) is 0.318. The molecule has 0 atom stereocenters. The van der Waals surface area contributed by atoms with E-state index < -0.39 is 17.8 Å². The van der Waals surface area contributed by atoms with E-state index in [0.29, 0.717) is 34.7 Å². The third-order valence-corrected chi connectivity index (χ3v) is 4.52. The maximum atomic E-state index is 12.3. The number of carbonyl (C=O) groups is 3. The standard InChI is InChI=1S/C20H17BrN2O5/c1-11(24)28-18-7-12(3-6-17(18)27-2)9-22-10-16-15-8-13(21)4-5-14(15)19(25)23-20(16)26/h3-8,10,22H,9H2,1-2H3,(H,23,25,26). The predicted molar refractivity (Wildman–Crippen MR) is 106 cm³/mol. The van der Waals surface area contributed by atoms with Crippen LogP contribution in [0, 0.1) is 0 Å². The first kappa shape index (κ1) is 19.6. The van der Waals surface area contributed by atoms with Crippen LogP contribution in [0.15, 0.2) is 47.1 Å². The molecule has 0 saturated heterocycles. The van der Waals surface area contributed by atoms with Gasteiger partial charge in [-0.3, -0.25) is 19.7 Å². The minimum Gasteiger partial charge on any atom is -0.493 e. The number of benzene rings is 2. The minimum absolute atomic E-state index is 0.317. The molecule has 7 nitrogen and oxygen atoms in total. The molecule has 2 aromatic rings. The second-order valence-corrected chi connectivity index (χ2v) is 6.91. The van der Waals surface area contributed by atoms with Crippen molar-refractivity contribution in [2.24, 2.45) is 0 Å². The summed E-state index contributed by atoms with van der Waals surface area (Å²) in [6.45, 7) is 1.68. The number of amides is 2. The fraction of sp³-hybridized carbons (Fsp3) is 0.150. The van der Waals surface area contributed by atoms with Gasteiger partial charge in [-0.15, -0.1) is 0 Å². The van der Waals surface area contributed by atoms with Crippen molar-refractivity contribution in [1.29, 1.82) is 0 Å². The summed E-state index contributed by atoms with van der Waals surface area (Å²) >= 11 is 3.36. The van der Waals surface area contributed by atoms with Gasteiger partial charge in [0.25, 0.3) is 11.8 Å². The largest absolute Gasteiger partial charge is 0.493 e. The smallest absolute Gasteiger partial charge is 0.308 e. The van der Waals surface area contributed by atoms with Gasteiger partial charge in [-0.1, -0.05) is 22.0 Å². The second kappa shape index (κ2) is 8.26. The summed E-state index contributed by atoms with van der Waals surface area (Å²) in [4.78, 5) is 35.5. The third-order valence-electron chi connectivity index (χ3n) is 4.02. The molecule has 0 unspecified atom stereocenters. The summed E-state index contributed by atoms with van der Waals surface area (Å²) in [6.07, 6.45) is 1.56. The van der Waals surface area contributed by atoms with E-state index in [2.05, 4.69) is 26.6 Å². The van der Waals surface area contributed by atoms with Crippen LogP contribution < -0.4 is 20.1 Å². The summed E-state index contributed by atoms with van der Waals surface area (Å²) in [6, 6.07) is 10.3. The lowest BCUT2D eigenvalue weighted by molar-refractivity contribution is -0.132. The van der Waals surface area contributed by atoms with Gasteiger partial charge in [0.1, 0.15) is 0 Å². The molecule has 3 rings (SSSR count). The molecular weight excluding hydrogens is 428 g/mol. The molecule has 1 aliphatic heterocycles. The van der Waals surface area contributed by atoms with Gasteiger partial charge in [0.15, 0.2) is 11.5 Å². The van der Waals surface area contributed by atoms with Crippen molar-refractivity contribution in [3.05, 3.63) is 63.8 Å². The van der Waals surface area contributed by atoms with Crippen LogP contribution in [0.25, 0.3) is 5.57 Å². The van der Waals surface area contributed by atoms with Crippen molar-refractivity contribution in [3.63, 3.8) is 0 Å². The number of carbonyl (C=O) groups excluding carboxylic acids is 3. The van der Waals surface area contributed by atoms with Gasteiger partial charge in [0.05, 0.1) is 12.7 Å². The molecule has 144 valence electrons. The van der Waals surface area contributed by atoms with E-state index >= 15 is 0 Å². The van der Waals surface area contributed by atoms with Crippen molar-refractivity contribution in [2.45, 2.75) is 13.5 Å². The number of hydrogen-bond acceptors (Lipinski definition) is 6. The Labute approximate surface area is 169 Å². The van der Waals surface area contributed by atoms with E-state index in [1.54, 1.807) is 36.5 Å². The second-order valence-electron chi connectivity index (χ2n) is 5.99. The van der Waals surface area contributed by atoms with E-state index in [4.69, 9.17) is 9.47 Å². The summed E-state index contributed by atoms with van der Waals surface area (Å²) in [5.41, 5.74) is 2.14. The van der Waals surface area contributed by atoms with E-state index in [9.17, 15) is 14.4 Å². The lowest BCUT2D eigenvalue weighted by atomic mass is 9.95. The third kappa shape index (κ3) is 4.23. The highest BCUT2D eigenvalue weighted by Gasteiger charge is 2.27. The highest BCUT2D eigenvalue weighted by atomic mass is 79.9. The van der Waals surface area contributed by atoms with Crippen molar-refractivity contribution >= 4 is 39.3 Å². The molecule has 0 aromatic heterocycles. The van der Waals surface area contributed by atoms with Crippen LogP contribution in [-0.4, -0.2) is 24.9 Å². The number of halogens is 1. The first-order valence-corrected chi connectivity index (χ1v) is 9.13. The highest BCUT2D eigenvalue weighted by Crippen LogP contribution is 2.29. The minimum atomic E-state index is -0.474. The Morgan fingerprint density at radius 3 is 2.61 bits per heavy atom. The molecule has 0 spiro atoms. The lowest BCUT2D eigenvalue weighted by Crippen LogP contribution is -2.37. The first-order chi connectivity index (χ1) is 13.4. The lowest BCUT2D eigenvalue weighted by Gasteiger charge is -2.18. The van der Waals surface area contributed by atoms with Crippen LogP contribution in [0.5, 0.6) is 11.5 Å². The van der Waals surface area contributed by atoms with E-state index in [-0.39, 0.29) is 0 Å². The molecular formula is C20H17BrN2O5. The Kier molecular flexibility index (Phi) is 5.79. The Bertz CT molecular complexity index is 1000. The molecule has 0 radical (unpaired) electrons. The zero-order valence-corrected chi connectivity index (χ0v) is 16.8. The zero-order chi connectivity index (χ0) is 20.3. The fourth-order valence-electron chi connectivity index (χ4n) is 2.78. The molecule has 2 amide bonds. The first-order valence-electron chi connectivity index (χ1n) is 8.33. The Morgan fingerprint density at radius 2 is 1.89 bits per heavy atom. The van der Waals surface area contributed by atoms with Crippen LogP contribution >= 0.6 is 15.9 Å². The van der Waals surface area contributed by atoms with Crippen LogP contribution in [0.3, 0.4) is 0 Å². The molecule has 8 heteroatoms. The normalized spacial score (nSPS) is 14.3. The number of nitrogens with one attached hydrogen (secondary N) is 2. The number of hydrogen-bond donors (Lipinski definition) is 2. The summed E-state index contributed by atoms with van der Waals surface area (Å²) in [5.74, 6) is -0.584. The van der Waals surface area contributed by atoms with Gasteiger partial charge < -0.3 is 14.8 Å². The zero-order valence-electron chi connectivity index (χ0n) is 15.2. The van der Waals surface area contributed by atoms with Gasteiger partial charge in [0.2, 0.25) is 0 Å². The van der Waals surface area contributed by atoms with Crippen molar-refractivity contribution in [3.8, 4) is 11.5 Å². The number of ether oxygens (including phenoxy) is 2. The number of rotatable bonds is 5. The van der Waals surface area contributed by atoms with Gasteiger partial charge in [-0.2, -0.15) is 0 Å². The summed E-state index contributed by atoms with van der Waals surface area (Å²) in [5, 5.41) is 5.39. The number of fused-ring (bicyclic) bond motifs is 1. The van der Waals surface area contributed by atoms with E-state index in [1.165, 1.54) is 14.0 Å². The number of methoxy groups -OCH3 is 1. The summed E-state index contributed by atoms with van der Waals surface area (Å²) < 4.78 is 11.1. The average Bonchev–Trinajstić information content (AvgIpc) is 2.64. The Hall–Kier alpha value is -3.13. The average molecular weight is 445 g/mol. The molecule has 1 heterocycles. The Morgan fingerprint density at radius 1 is 1.11 bits per heavy atom. The molecule has 0 aliphatic carbocycles. The number of imide groups is 1. The molecule has 2 N–H and O–H groups in total. The van der Waals surface area contributed by atoms with Crippen molar-refractivity contribution in [1.82, 2.24) is 10.6 Å². The summed E-state index contributed by atoms with van der Waals surface area (Å²) in [7, 11) is 1.49. The van der Waals surface area contributed by atoms with E-state index in [0.717, 1.165) is 10.0 Å². The maximum Gasteiger partial charge on any atom is 0.308 e. The molecule has 2 aromatic carbocycles. The van der Waals surface area contributed by atoms with Crippen LogP contribution in [0.4, 0.5) is 0 Å². The highest BCUT2D eigenvalue weighted by molar-refractivity contribution is 9.10. The maximum absolute atomic E-state index is 12.3. The topological polar surface area (TPSA) is 93.7 Å². The SMILES string of the molecule is COc1ccc(CNC=C2C(=O)NC(=O)c3ccc(Br)cc32)cc1OC(C)=O. The molecule has 0 saturated carbocycles. The molecule has 28 heavy (non-hydrogen) atoms. The Balaban J connectivity index is 1.82. The molecule has 1 aliphatic rings. The molecule has 0 bridgehead atoms. The monoisotopic (exact) mass is 444 g/mol. The van der Waals surface area contributed by atoms with E-state index in [1.807, 2.05) is 6.07 Å². The fourth-order valence-corrected chi connectivity index (χ4v) is 3.14. The predicted octanol–water partition coefficient (Wildman–Crippen LogP) is 2.78. The van der Waals surface area contributed by atoms with Crippen LogP contribution in [0.1, 0.15) is 28.4 Å². The van der Waals surface area contributed by atoms with Gasteiger partial charge in [-0.25, -0.2) is 0 Å². The number of esters is 1.